The Hall–Kier alpha value is -1.55. The van der Waals surface area contributed by atoms with Gasteiger partial charge in [-0.1, -0.05) is 13.8 Å². The highest BCUT2D eigenvalue weighted by Crippen LogP contribution is 2.22. The van der Waals surface area contributed by atoms with Gasteiger partial charge in [-0.15, -0.1) is 0 Å². The Balaban J connectivity index is 2.97. The number of likely N-dealkylation sites (N-methyl/N-ethyl adjacent to an activating group) is 1. The molecule has 0 aliphatic heterocycles. The third-order valence-corrected chi connectivity index (χ3v) is 3.19. The Labute approximate surface area is 122 Å². The van der Waals surface area contributed by atoms with E-state index in [2.05, 4.69) is 37.7 Å². The SMILES string of the molecule is Cc1cc(C(=O)O)ccc1N(CCN(C)C)CC(C)C. The van der Waals surface area contributed by atoms with Crippen molar-refractivity contribution >= 4 is 11.7 Å². The normalized spacial score (nSPS) is 11.2. The average molecular weight is 278 g/mol. The van der Waals surface area contributed by atoms with Crippen LogP contribution in [0.3, 0.4) is 0 Å². The minimum atomic E-state index is -0.872. The van der Waals surface area contributed by atoms with Gasteiger partial charge in [0.1, 0.15) is 0 Å². The van der Waals surface area contributed by atoms with E-state index in [9.17, 15) is 4.79 Å². The molecule has 4 heteroatoms. The van der Waals surface area contributed by atoms with Crippen LogP contribution in [0, 0.1) is 12.8 Å². The van der Waals surface area contributed by atoms with E-state index in [1.54, 1.807) is 12.1 Å². The van der Waals surface area contributed by atoms with E-state index in [0.29, 0.717) is 11.5 Å². The molecule has 0 aliphatic carbocycles. The van der Waals surface area contributed by atoms with Crippen molar-refractivity contribution in [2.75, 3.05) is 38.6 Å². The van der Waals surface area contributed by atoms with E-state index in [1.165, 1.54) is 0 Å². The van der Waals surface area contributed by atoms with Gasteiger partial charge < -0.3 is 14.9 Å². The lowest BCUT2D eigenvalue weighted by atomic mass is 10.1. The van der Waals surface area contributed by atoms with Gasteiger partial charge in [-0.3, -0.25) is 0 Å². The van der Waals surface area contributed by atoms with Crippen LogP contribution in [0.4, 0.5) is 5.69 Å². The molecule has 0 atom stereocenters. The standard InChI is InChI=1S/C16H26N2O2/c1-12(2)11-18(9-8-17(4)5)15-7-6-14(16(19)20)10-13(15)3/h6-7,10,12H,8-9,11H2,1-5H3,(H,19,20). The molecule has 0 unspecified atom stereocenters. The molecule has 1 aromatic rings. The van der Waals surface area contributed by atoms with Crippen molar-refractivity contribution in [2.45, 2.75) is 20.8 Å². The Bertz CT molecular complexity index is 456. The average Bonchev–Trinajstić information content (AvgIpc) is 2.33. The second-order valence-electron chi connectivity index (χ2n) is 5.95. The number of carboxylic acids is 1. The molecular weight excluding hydrogens is 252 g/mol. The second-order valence-corrected chi connectivity index (χ2v) is 5.95. The zero-order chi connectivity index (χ0) is 15.3. The Morgan fingerprint density at radius 3 is 2.35 bits per heavy atom. The predicted octanol–water partition coefficient (Wildman–Crippen LogP) is 2.72. The van der Waals surface area contributed by atoms with E-state index in [-0.39, 0.29) is 0 Å². The maximum atomic E-state index is 11.0. The summed E-state index contributed by atoms with van der Waals surface area (Å²) in [6, 6.07) is 5.37. The number of nitrogens with zero attached hydrogens (tertiary/aromatic N) is 2. The fourth-order valence-electron chi connectivity index (χ4n) is 2.21. The van der Waals surface area contributed by atoms with Gasteiger partial charge in [-0.05, 0) is 50.7 Å². The molecular formula is C16H26N2O2. The summed E-state index contributed by atoms with van der Waals surface area (Å²) in [6.07, 6.45) is 0. The molecule has 0 aliphatic rings. The van der Waals surface area contributed by atoms with Gasteiger partial charge in [0.25, 0.3) is 0 Å². The monoisotopic (exact) mass is 278 g/mol. The fourth-order valence-corrected chi connectivity index (χ4v) is 2.21. The summed E-state index contributed by atoms with van der Waals surface area (Å²) in [5, 5.41) is 9.04. The van der Waals surface area contributed by atoms with Crippen LogP contribution in [0.2, 0.25) is 0 Å². The zero-order valence-electron chi connectivity index (χ0n) is 13.2. The lowest BCUT2D eigenvalue weighted by Gasteiger charge is -2.29. The number of benzene rings is 1. The molecule has 20 heavy (non-hydrogen) atoms. The highest BCUT2D eigenvalue weighted by molar-refractivity contribution is 5.88. The molecule has 0 heterocycles. The summed E-state index contributed by atoms with van der Waals surface area (Å²) < 4.78 is 0. The van der Waals surface area contributed by atoms with Crippen LogP contribution in [0.1, 0.15) is 29.8 Å². The molecule has 0 saturated carbocycles. The number of hydrogen-bond donors (Lipinski definition) is 1. The molecule has 1 aromatic carbocycles. The van der Waals surface area contributed by atoms with Gasteiger partial charge in [0.2, 0.25) is 0 Å². The number of rotatable bonds is 7. The van der Waals surface area contributed by atoms with Gasteiger partial charge >= 0.3 is 5.97 Å². The number of carbonyl (C=O) groups is 1. The quantitative estimate of drug-likeness (QED) is 0.833. The van der Waals surface area contributed by atoms with Crippen LogP contribution >= 0.6 is 0 Å². The van der Waals surface area contributed by atoms with Gasteiger partial charge in [0.15, 0.2) is 0 Å². The van der Waals surface area contributed by atoms with Crippen LogP contribution < -0.4 is 4.90 Å². The smallest absolute Gasteiger partial charge is 0.335 e. The first-order valence-electron chi connectivity index (χ1n) is 7.05. The molecule has 0 saturated heterocycles. The Morgan fingerprint density at radius 2 is 1.90 bits per heavy atom. The number of aromatic carboxylic acids is 1. The van der Waals surface area contributed by atoms with E-state index < -0.39 is 5.97 Å². The van der Waals surface area contributed by atoms with Crippen molar-refractivity contribution in [3.63, 3.8) is 0 Å². The van der Waals surface area contributed by atoms with Crippen molar-refractivity contribution in [1.29, 1.82) is 0 Å². The van der Waals surface area contributed by atoms with Gasteiger partial charge in [0, 0.05) is 25.3 Å². The second kappa shape index (κ2) is 7.29. The molecule has 0 fully saturated rings. The minimum absolute atomic E-state index is 0.350. The number of carboxylic acid groups (broad SMARTS) is 1. The zero-order valence-corrected chi connectivity index (χ0v) is 13.2. The summed E-state index contributed by atoms with van der Waals surface area (Å²) in [5.41, 5.74) is 2.50. The minimum Gasteiger partial charge on any atom is -0.478 e. The van der Waals surface area contributed by atoms with Gasteiger partial charge in [0.05, 0.1) is 5.56 Å². The van der Waals surface area contributed by atoms with Crippen LogP contribution in [0.5, 0.6) is 0 Å². The molecule has 0 radical (unpaired) electrons. The third-order valence-electron chi connectivity index (χ3n) is 3.19. The summed E-state index contributed by atoms with van der Waals surface area (Å²) in [5.74, 6) is -0.306. The fraction of sp³-hybridized carbons (Fsp3) is 0.562. The summed E-state index contributed by atoms with van der Waals surface area (Å²) >= 11 is 0. The van der Waals surface area contributed by atoms with Crippen molar-refractivity contribution in [1.82, 2.24) is 4.90 Å². The lowest BCUT2D eigenvalue weighted by molar-refractivity contribution is 0.0697. The molecule has 1 N–H and O–H groups in total. The maximum absolute atomic E-state index is 11.0. The van der Waals surface area contributed by atoms with E-state index in [0.717, 1.165) is 30.9 Å². The van der Waals surface area contributed by atoms with Crippen LogP contribution in [0.25, 0.3) is 0 Å². The molecule has 0 spiro atoms. The first-order chi connectivity index (χ1) is 9.31. The third kappa shape index (κ3) is 4.85. The highest BCUT2D eigenvalue weighted by Gasteiger charge is 2.13. The maximum Gasteiger partial charge on any atom is 0.335 e. The predicted molar refractivity (Wildman–Crippen MR) is 83.7 cm³/mol. The number of aryl methyl sites for hydroxylation is 1. The molecule has 4 nitrogen and oxygen atoms in total. The van der Waals surface area contributed by atoms with Gasteiger partial charge in [-0.2, -0.15) is 0 Å². The van der Waals surface area contributed by atoms with Gasteiger partial charge in [-0.25, -0.2) is 4.79 Å². The molecule has 1 rings (SSSR count). The topological polar surface area (TPSA) is 43.8 Å². The summed E-state index contributed by atoms with van der Waals surface area (Å²) in [7, 11) is 4.13. The van der Waals surface area contributed by atoms with Crippen LogP contribution in [0.15, 0.2) is 18.2 Å². The largest absolute Gasteiger partial charge is 0.478 e. The van der Waals surface area contributed by atoms with Crippen molar-refractivity contribution in [3.05, 3.63) is 29.3 Å². The van der Waals surface area contributed by atoms with Crippen molar-refractivity contribution in [2.24, 2.45) is 5.92 Å². The highest BCUT2D eigenvalue weighted by atomic mass is 16.4. The van der Waals surface area contributed by atoms with Crippen molar-refractivity contribution in [3.8, 4) is 0 Å². The molecule has 112 valence electrons. The molecule has 0 amide bonds. The number of hydrogen-bond acceptors (Lipinski definition) is 3. The van der Waals surface area contributed by atoms with E-state index in [4.69, 9.17) is 5.11 Å². The van der Waals surface area contributed by atoms with E-state index >= 15 is 0 Å². The first-order valence-corrected chi connectivity index (χ1v) is 7.05. The Kier molecular flexibility index (Phi) is 6.02. The molecule has 0 bridgehead atoms. The molecule has 0 aromatic heterocycles. The van der Waals surface area contributed by atoms with Crippen molar-refractivity contribution < 1.29 is 9.90 Å². The summed E-state index contributed by atoms with van der Waals surface area (Å²) in [4.78, 5) is 15.5. The van der Waals surface area contributed by atoms with Crippen LogP contribution in [-0.2, 0) is 0 Å². The first kappa shape index (κ1) is 16.5. The Morgan fingerprint density at radius 1 is 1.25 bits per heavy atom. The summed E-state index contributed by atoms with van der Waals surface area (Å²) in [6.45, 7) is 9.27. The lowest BCUT2D eigenvalue weighted by Crippen LogP contribution is -2.34. The van der Waals surface area contributed by atoms with Crippen LogP contribution in [-0.4, -0.2) is 49.7 Å². The van der Waals surface area contributed by atoms with E-state index in [1.807, 2.05) is 13.0 Å². The number of anilines is 1.